The Bertz CT molecular complexity index is 1260. The third-order valence-electron chi connectivity index (χ3n) is 6.23. The van der Waals surface area contributed by atoms with Crippen molar-refractivity contribution in [2.75, 3.05) is 39.9 Å². The molecule has 0 unspecified atom stereocenters. The zero-order chi connectivity index (χ0) is 28.4. The van der Waals surface area contributed by atoms with Gasteiger partial charge < -0.3 is 35.0 Å². The number of nitrogens with one attached hydrogen (secondary N) is 1. The Morgan fingerprint density at radius 2 is 1.82 bits per heavy atom. The maximum absolute atomic E-state index is 13.6. The van der Waals surface area contributed by atoms with E-state index in [0.717, 1.165) is 54.2 Å². The molecule has 2 heterocycles. The van der Waals surface area contributed by atoms with Gasteiger partial charge in [-0.15, -0.1) is 0 Å². The van der Waals surface area contributed by atoms with E-state index in [1.165, 1.54) is 12.1 Å². The van der Waals surface area contributed by atoms with Gasteiger partial charge in [-0.2, -0.15) is 0 Å². The molecular weight excluding hydrogens is 516 g/mol. The lowest BCUT2D eigenvalue weighted by molar-refractivity contribution is -0.159. The largest absolute Gasteiger partial charge is 0.497 e. The van der Waals surface area contributed by atoms with Crippen LogP contribution in [0.2, 0.25) is 0 Å². The second kappa shape index (κ2) is 14.3. The molecule has 0 saturated carbocycles. The van der Waals surface area contributed by atoms with E-state index in [-0.39, 0.29) is 5.75 Å². The molecule has 39 heavy (non-hydrogen) atoms. The number of likely N-dealkylation sites (tertiary alicyclic amines) is 1. The highest BCUT2D eigenvalue weighted by molar-refractivity contribution is 6.27. The van der Waals surface area contributed by atoms with E-state index >= 15 is 0 Å². The number of aliphatic carboxylic acids is 2. The van der Waals surface area contributed by atoms with Crippen LogP contribution < -0.4 is 14.8 Å². The molecule has 0 radical (unpaired) electrons. The minimum absolute atomic E-state index is 0.0586. The number of rotatable bonds is 9. The molecule has 4 N–H and O–H groups in total. The van der Waals surface area contributed by atoms with Gasteiger partial charge in [0, 0.05) is 36.8 Å². The van der Waals surface area contributed by atoms with Crippen LogP contribution in [0, 0.1) is 11.6 Å². The van der Waals surface area contributed by atoms with Crippen molar-refractivity contribution in [2.24, 2.45) is 0 Å². The lowest BCUT2D eigenvalue weighted by Gasteiger charge is -2.33. The molecule has 1 saturated heterocycles. The van der Waals surface area contributed by atoms with Gasteiger partial charge >= 0.3 is 11.9 Å². The number of nitrogens with zero attached hydrogens (tertiary/aromatic N) is 2. The van der Waals surface area contributed by atoms with Crippen LogP contribution >= 0.6 is 0 Å². The summed E-state index contributed by atoms with van der Waals surface area (Å²) in [6.07, 6.45) is 3.00. The number of β-amino-alcohol motifs (C(OH)–C–C–N with tert-alkyl or cyclic N) is 1. The average Bonchev–Trinajstić information content (AvgIpc) is 2.92. The molecule has 4 rings (SSSR count). The highest BCUT2D eigenvalue weighted by atomic mass is 19.1. The van der Waals surface area contributed by atoms with Crippen LogP contribution in [0.4, 0.5) is 8.78 Å². The van der Waals surface area contributed by atoms with Gasteiger partial charge in [-0.1, -0.05) is 0 Å². The molecule has 0 bridgehead atoms. The summed E-state index contributed by atoms with van der Waals surface area (Å²) in [5, 5.41) is 30.0. The highest BCUT2D eigenvalue weighted by Gasteiger charge is 2.22. The fraction of sp³-hybridized carbons (Fsp3) is 0.370. The Morgan fingerprint density at radius 1 is 1.10 bits per heavy atom. The van der Waals surface area contributed by atoms with Crippen LogP contribution in [-0.2, 0) is 9.59 Å². The fourth-order valence-corrected chi connectivity index (χ4v) is 4.24. The van der Waals surface area contributed by atoms with Gasteiger partial charge in [0.15, 0.2) is 11.6 Å². The Labute approximate surface area is 223 Å². The molecule has 2 aromatic carbocycles. The maximum atomic E-state index is 13.6. The van der Waals surface area contributed by atoms with E-state index in [9.17, 15) is 13.9 Å². The number of aromatic nitrogens is 1. The second-order valence-electron chi connectivity index (χ2n) is 8.86. The number of carboxylic acids is 2. The number of halogens is 2. The van der Waals surface area contributed by atoms with Gasteiger partial charge in [-0.25, -0.2) is 18.4 Å². The number of hydrogen-bond acceptors (Lipinski definition) is 8. The average molecular weight is 548 g/mol. The van der Waals surface area contributed by atoms with E-state index in [2.05, 4.69) is 15.2 Å². The van der Waals surface area contributed by atoms with Crippen molar-refractivity contribution in [3.63, 3.8) is 0 Å². The van der Waals surface area contributed by atoms with Crippen LogP contribution in [0.1, 0.15) is 24.5 Å². The molecule has 210 valence electrons. The lowest BCUT2D eigenvalue weighted by Crippen LogP contribution is -2.44. The normalized spacial score (nSPS) is 14.8. The first-order valence-corrected chi connectivity index (χ1v) is 12.3. The lowest BCUT2D eigenvalue weighted by atomic mass is 10.0. The zero-order valence-corrected chi connectivity index (χ0v) is 21.3. The standard InChI is InChI=1S/C25H29F2N3O3.C2H2O4/c1-32-19-3-4-23-21(15-19)20(6-9-29-23)24(31)16-30-11-7-18(8-12-30)28-10-13-33-25-5-2-17(26)14-22(25)27;3-1(4)2(5)6/h2-6,9,14-15,18,24,28,31H,7-8,10-13,16H2,1H3;(H,3,4)(H,5,6)/t24-;/m0./s1. The van der Waals surface area contributed by atoms with Crippen LogP contribution in [0.25, 0.3) is 10.9 Å². The second-order valence-corrected chi connectivity index (χ2v) is 8.86. The van der Waals surface area contributed by atoms with Gasteiger partial charge in [0.05, 0.1) is 18.7 Å². The predicted octanol–water partition coefficient (Wildman–Crippen LogP) is 2.84. The van der Waals surface area contributed by atoms with Crippen molar-refractivity contribution < 1.29 is 43.2 Å². The number of ether oxygens (including phenoxy) is 2. The van der Waals surface area contributed by atoms with E-state index in [1.807, 2.05) is 24.3 Å². The third-order valence-corrected chi connectivity index (χ3v) is 6.23. The highest BCUT2D eigenvalue weighted by Crippen LogP contribution is 2.27. The molecular formula is C27H31F2N3O7. The first-order chi connectivity index (χ1) is 18.7. The van der Waals surface area contributed by atoms with E-state index < -0.39 is 29.7 Å². The number of carbonyl (C=O) groups is 2. The summed E-state index contributed by atoms with van der Waals surface area (Å²) in [7, 11) is 1.62. The van der Waals surface area contributed by atoms with Crippen LogP contribution in [0.3, 0.4) is 0 Å². The number of aliphatic hydroxyl groups excluding tert-OH is 1. The number of benzene rings is 2. The number of aliphatic hydroxyl groups is 1. The van der Waals surface area contributed by atoms with Gasteiger partial charge in [0.1, 0.15) is 18.2 Å². The molecule has 3 aromatic rings. The summed E-state index contributed by atoms with van der Waals surface area (Å²) >= 11 is 0. The zero-order valence-electron chi connectivity index (χ0n) is 21.3. The molecule has 12 heteroatoms. The molecule has 1 atom stereocenters. The molecule has 1 aromatic heterocycles. The van der Waals surface area contributed by atoms with E-state index in [1.54, 1.807) is 13.3 Å². The Kier molecular flexibility index (Phi) is 10.9. The summed E-state index contributed by atoms with van der Waals surface area (Å²) in [6, 6.07) is 11.2. The maximum Gasteiger partial charge on any atom is 0.414 e. The number of carboxylic acid groups (broad SMARTS) is 2. The predicted molar refractivity (Wildman–Crippen MR) is 138 cm³/mol. The SMILES string of the molecule is COc1ccc2nccc([C@@H](O)CN3CCC(NCCOc4ccc(F)cc4F)CC3)c2c1.O=C(O)C(=O)O. The van der Waals surface area contributed by atoms with Gasteiger partial charge in [0.2, 0.25) is 0 Å². The Balaban J connectivity index is 0.000000631. The monoisotopic (exact) mass is 547 g/mol. The van der Waals surface area contributed by atoms with Crippen molar-refractivity contribution >= 4 is 22.8 Å². The molecule has 10 nitrogen and oxygen atoms in total. The summed E-state index contributed by atoms with van der Waals surface area (Å²) in [4.78, 5) is 24.8. The topological polar surface area (TPSA) is 141 Å². The van der Waals surface area contributed by atoms with Gasteiger partial charge in [-0.05, 0) is 67.9 Å². The van der Waals surface area contributed by atoms with E-state index in [4.69, 9.17) is 29.3 Å². The number of pyridine rings is 1. The molecule has 0 spiro atoms. The molecule has 1 aliphatic heterocycles. The van der Waals surface area contributed by atoms with Gasteiger partial charge in [0.25, 0.3) is 0 Å². The number of methoxy groups -OCH3 is 1. The summed E-state index contributed by atoms with van der Waals surface area (Å²) in [6.45, 7) is 3.17. The number of piperidine rings is 1. The first-order valence-electron chi connectivity index (χ1n) is 12.3. The van der Waals surface area contributed by atoms with Crippen molar-refractivity contribution in [3.8, 4) is 11.5 Å². The Hall–Kier alpha value is -3.87. The minimum atomic E-state index is -1.82. The number of fused-ring (bicyclic) bond motifs is 1. The first kappa shape index (κ1) is 29.7. The Morgan fingerprint density at radius 3 is 2.46 bits per heavy atom. The summed E-state index contributed by atoms with van der Waals surface area (Å²) < 4.78 is 37.3. The van der Waals surface area contributed by atoms with Crippen LogP contribution in [0.15, 0.2) is 48.7 Å². The van der Waals surface area contributed by atoms with Crippen molar-refractivity contribution in [2.45, 2.75) is 25.0 Å². The van der Waals surface area contributed by atoms with Crippen LogP contribution in [-0.4, -0.2) is 83.1 Å². The third kappa shape index (κ3) is 8.84. The summed E-state index contributed by atoms with van der Waals surface area (Å²) in [5.41, 5.74) is 1.68. The quantitative estimate of drug-likeness (QED) is 0.233. The summed E-state index contributed by atoms with van der Waals surface area (Å²) in [5.74, 6) is -4.16. The van der Waals surface area contributed by atoms with Crippen molar-refractivity contribution in [3.05, 3.63) is 65.9 Å². The smallest absolute Gasteiger partial charge is 0.414 e. The molecule has 1 aliphatic rings. The van der Waals surface area contributed by atoms with Crippen LogP contribution in [0.5, 0.6) is 11.5 Å². The van der Waals surface area contributed by atoms with Gasteiger partial charge in [-0.3, -0.25) is 4.98 Å². The molecule has 0 aliphatic carbocycles. The number of hydrogen-bond donors (Lipinski definition) is 4. The molecule has 0 amide bonds. The van der Waals surface area contributed by atoms with Crippen molar-refractivity contribution in [1.29, 1.82) is 0 Å². The fourth-order valence-electron chi connectivity index (χ4n) is 4.24. The van der Waals surface area contributed by atoms with E-state index in [0.29, 0.717) is 25.7 Å². The van der Waals surface area contributed by atoms with Crippen molar-refractivity contribution in [1.82, 2.24) is 15.2 Å². The minimum Gasteiger partial charge on any atom is -0.497 e. The molecule has 1 fully saturated rings.